The van der Waals surface area contributed by atoms with E-state index in [1.807, 2.05) is 19.4 Å². The van der Waals surface area contributed by atoms with Gasteiger partial charge in [-0.25, -0.2) is 0 Å². The molecule has 176 valence electrons. The van der Waals surface area contributed by atoms with Crippen molar-refractivity contribution in [1.82, 2.24) is 5.32 Å². The molecule has 2 heterocycles. The minimum Gasteiger partial charge on any atom is -0.370 e. The summed E-state index contributed by atoms with van der Waals surface area (Å²) in [4.78, 5) is 0. The lowest BCUT2D eigenvalue weighted by molar-refractivity contribution is -0.131. The molecule has 0 aromatic heterocycles. The molecular weight excluding hydrogens is 378 g/mol. The molecule has 6 aliphatic rings. The fraction of sp³-hybridized carbons (Fsp3) is 0.931. The summed E-state index contributed by atoms with van der Waals surface area (Å²) in [5, 5.41) is 3.81. The molecule has 2 aliphatic heterocycles. The molecule has 2 saturated heterocycles. The third kappa shape index (κ3) is 3.24. The van der Waals surface area contributed by atoms with E-state index < -0.39 is 0 Å². The van der Waals surface area contributed by atoms with Crippen molar-refractivity contribution in [2.45, 2.75) is 117 Å². The summed E-state index contributed by atoms with van der Waals surface area (Å²) in [7, 11) is 0. The minimum absolute atomic E-state index is 0.174. The zero-order valence-electron chi connectivity index (χ0n) is 21.3. The molecule has 2 heteroatoms. The highest BCUT2D eigenvalue weighted by molar-refractivity contribution is 5.26. The second-order valence-electron chi connectivity index (χ2n) is 12.5. The Kier molecular flexibility index (Phi) is 5.91. The molecular formula is C29H49NO. The molecule has 3 saturated carbocycles. The van der Waals surface area contributed by atoms with Gasteiger partial charge in [0.1, 0.15) is 0 Å². The maximum Gasteiger partial charge on any atom is 0.0737 e. The average molecular weight is 428 g/mol. The Labute approximate surface area is 192 Å². The number of rotatable bonds is 0. The number of piperidine rings is 1. The second-order valence-corrected chi connectivity index (χ2v) is 12.5. The first kappa shape index (κ1) is 22.5. The van der Waals surface area contributed by atoms with Crippen molar-refractivity contribution in [2.75, 3.05) is 6.54 Å². The van der Waals surface area contributed by atoms with E-state index in [0.717, 1.165) is 41.4 Å². The van der Waals surface area contributed by atoms with Gasteiger partial charge in [0, 0.05) is 6.04 Å². The van der Waals surface area contributed by atoms with E-state index in [1.54, 1.807) is 0 Å². The van der Waals surface area contributed by atoms with Gasteiger partial charge in [-0.15, -0.1) is 0 Å². The molecule has 0 radical (unpaired) electrons. The molecule has 4 aliphatic carbocycles. The molecule has 1 spiro atoms. The Morgan fingerprint density at radius 1 is 1.03 bits per heavy atom. The van der Waals surface area contributed by atoms with Crippen LogP contribution in [0.25, 0.3) is 0 Å². The number of hydrogen-bond donors (Lipinski definition) is 1. The molecule has 0 bridgehead atoms. The Morgan fingerprint density at radius 3 is 2.61 bits per heavy atom. The predicted molar refractivity (Wildman–Crippen MR) is 130 cm³/mol. The zero-order valence-corrected chi connectivity index (χ0v) is 21.3. The van der Waals surface area contributed by atoms with E-state index in [9.17, 15) is 0 Å². The summed E-state index contributed by atoms with van der Waals surface area (Å²) in [5.41, 5.74) is 2.51. The van der Waals surface area contributed by atoms with Crippen molar-refractivity contribution in [3.8, 4) is 0 Å². The standard InChI is InChI=1S/C27H43NO.C2H6/c1-16-9-11-26(4)19(14-16)7-8-21-20-10-12-27(18(3)24(20)17(2)25(21)26)15-22-23(29-27)6-5-13-28-22;1-2/h7,16-18,20-25,28H,5-6,8-15H2,1-4H3;1-2H3. The van der Waals surface area contributed by atoms with Gasteiger partial charge in [0.05, 0.1) is 11.7 Å². The number of allylic oxidation sites excluding steroid dienone is 2. The van der Waals surface area contributed by atoms with E-state index in [-0.39, 0.29) is 5.60 Å². The molecule has 5 fully saturated rings. The monoisotopic (exact) mass is 427 g/mol. The fourth-order valence-electron chi connectivity index (χ4n) is 10.0. The lowest BCUT2D eigenvalue weighted by Crippen LogP contribution is -2.48. The summed E-state index contributed by atoms with van der Waals surface area (Å²) in [6, 6.07) is 0.632. The molecule has 31 heavy (non-hydrogen) atoms. The maximum atomic E-state index is 6.99. The molecule has 0 aromatic rings. The van der Waals surface area contributed by atoms with Gasteiger partial charge in [0.2, 0.25) is 0 Å². The van der Waals surface area contributed by atoms with Crippen LogP contribution in [0.5, 0.6) is 0 Å². The maximum absolute atomic E-state index is 6.99. The quantitative estimate of drug-likeness (QED) is 0.420. The smallest absolute Gasteiger partial charge is 0.0737 e. The lowest BCUT2D eigenvalue weighted by Gasteiger charge is -2.50. The normalized spacial score (nSPS) is 55.3. The summed E-state index contributed by atoms with van der Waals surface area (Å²) >= 11 is 0. The van der Waals surface area contributed by atoms with Crippen molar-refractivity contribution < 1.29 is 4.74 Å². The van der Waals surface area contributed by atoms with Crippen molar-refractivity contribution in [3.05, 3.63) is 11.6 Å². The Morgan fingerprint density at radius 2 is 1.84 bits per heavy atom. The molecule has 6 rings (SSSR count). The number of fused-ring (bicyclic) bond motifs is 6. The summed E-state index contributed by atoms with van der Waals surface area (Å²) in [6.45, 7) is 15.6. The number of nitrogens with one attached hydrogen (secondary N) is 1. The van der Waals surface area contributed by atoms with Crippen molar-refractivity contribution in [1.29, 1.82) is 0 Å². The van der Waals surface area contributed by atoms with Crippen LogP contribution in [0, 0.1) is 46.8 Å². The van der Waals surface area contributed by atoms with E-state index in [1.165, 1.54) is 64.3 Å². The van der Waals surface area contributed by atoms with E-state index in [2.05, 4.69) is 39.1 Å². The van der Waals surface area contributed by atoms with Gasteiger partial charge < -0.3 is 10.1 Å². The molecule has 1 N–H and O–H groups in total. The number of hydrogen-bond acceptors (Lipinski definition) is 2. The van der Waals surface area contributed by atoms with Crippen LogP contribution >= 0.6 is 0 Å². The summed E-state index contributed by atoms with van der Waals surface area (Å²) in [5.74, 6) is 6.17. The van der Waals surface area contributed by atoms with Gasteiger partial charge in [-0.2, -0.15) is 0 Å². The second kappa shape index (κ2) is 8.15. The highest BCUT2D eigenvalue weighted by Gasteiger charge is 2.64. The van der Waals surface area contributed by atoms with E-state index in [4.69, 9.17) is 4.74 Å². The number of ether oxygens (including phenoxy) is 1. The van der Waals surface area contributed by atoms with Crippen molar-refractivity contribution in [3.63, 3.8) is 0 Å². The van der Waals surface area contributed by atoms with Gasteiger partial charge in [-0.1, -0.05) is 53.2 Å². The minimum atomic E-state index is 0.174. The largest absolute Gasteiger partial charge is 0.370 e. The van der Waals surface area contributed by atoms with Crippen molar-refractivity contribution in [2.24, 2.45) is 46.8 Å². The molecule has 11 unspecified atom stereocenters. The molecule has 0 amide bonds. The zero-order chi connectivity index (χ0) is 22.0. The first-order chi connectivity index (χ1) is 14.9. The Balaban J connectivity index is 0.000000994. The third-order valence-electron chi connectivity index (χ3n) is 11.3. The third-order valence-corrected chi connectivity index (χ3v) is 11.3. The van der Waals surface area contributed by atoms with Gasteiger partial charge in [0.15, 0.2) is 0 Å². The molecule has 11 atom stereocenters. The van der Waals surface area contributed by atoms with Crippen LogP contribution in [-0.2, 0) is 4.74 Å². The van der Waals surface area contributed by atoms with Crippen molar-refractivity contribution >= 4 is 0 Å². The van der Waals surface area contributed by atoms with Crippen LogP contribution in [0.15, 0.2) is 11.6 Å². The van der Waals surface area contributed by atoms with Crippen LogP contribution in [0.4, 0.5) is 0 Å². The first-order valence-electron chi connectivity index (χ1n) is 14.0. The lowest BCUT2D eigenvalue weighted by atomic mass is 9.54. The highest BCUT2D eigenvalue weighted by Crippen LogP contribution is 2.68. The van der Waals surface area contributed by atoms with E-state index in [0.29, 0.717) is 17.6 Å². The Bertz CT molecular complexity index is 685. The fourth-order valence-corrected chi connectivity index (χ4v) is 10.0. The van der Waals surface area contributed by atoms with Crippen LogP contribution in [0.2, 0.25) is 0 Å². The van der Waals surface area contributed by atoms with Crippen LogP contribution in [-0.4, -0.2) is 24.3 Å². The summed E-state index contributed by atoms with van der Waals surface area (Å²) in [6.07, 6.45) is 15.5. The molecule has 0 aromatic carbocycles. The van der Waals surface area contributed by atoms with Gasteiger partial charge in [-0.05, 0) is 111 Å². The Hall–Kier alpha value is -0.340. The van der Waals surface area contributed by atoms with Crippen LogP contribution < -0.4 is 5.32 Å². The van der Waals surface area contributed by atoms with Crippen LogP contribution in [0.1, 0.15) is 99.3 Å². The topological polar surface area (TPSA) is 21.3 Å². The first-order valence-corrected chi connectivity index (χ1v) is 14.0. The van der Waals surface area contributed by atoms with Gasteiger partial charge in [0.25, 0.3) is 0 Å². The van der Waals surface area contributed by atoms with Gasteiger partial charge in [-0.3, -0.25) is 0 Å². The predicted octanol–water partition coefficient (Wildman–Crippen LogP) is 6.99. The van der Waals surface area contributed by atoms with E-state index >= 15 is 0 Å². The van der Waals surface area contributed by atoms with Gasteiger partial charge >= 0.3 is 0 Å². The summed E-state index contributed by atoms with van der Waals surface area (Å²) < 4.78 is 6.99. The SMILES string of the molecule is CC.CC1CCC2(C)C(=CCC3C4CCC5(CC6NCCCC6O5)C(C)C4C(C)C32)C1. The van der Waals surface area contributed by atoms with Crippen LogP contribution in [0.3, 0.4) is 0 Å². The average Bonchev–Trinajstić information content (AvgIpc) is 3.29. The molecule has 2 nitrogen and oxygen atoms in total. The highest BCUT2D eigenvalue weighted by atomic mass is 16.5.